The number of para-hydroxylation sites is 1. The summed E-state index contributed by atoms with van der Waals surface area (Å²) < 4.78 is 20.4. The third-order valence-electron chi connectivity index (χ3n) is 4.08. The highest BCUT2D eigenvalue weighted by Gasteiger charge is 2.26. The number of piperidine rings is 1. The van der Waals surface area contributed by atoms with E-state index in [1.807, 2.05) is 28.5 Å². The highest BCUT2D eigenvalue weighted by Crippen LogP contribution is 2.31. The lowest BCUT2D eigenvalue weighted by atomic mass is 10.1. The third kappa shape index (κ3) is 3.01. The quantitative estimate of drug-likeness (QED) is 0.702. The lowest BCUT2D eigenvalue weighted by molar-refractivity contribution is 0.0600. The monoisotopic (exact) mass is 362 g/mol. The number of ether oxygens (including phenoxy) is 1. The molecule has 0 bridgehead atoms. The Morgan fingerprint density at radius 1 is 1.25 bits per heavy atom. The summed E-state index contributed by atoms with van der Waals surface area (Å²) in [5, 5.41) is 2.41. The lowest BCUT2D eigenvalue weighted by Gasteiger charge is -2.31. The first-order chi connectivity index (χ1) is 11.7. The number of carbonyl (C=O) groups is 1. The van der Waals surface area contributed by atoms with Gasteiger partial charge >= 0.3 is 0 Å². The van der Waals surface area contributed by atoms with E-state index in [4.69, 9.17) is 4.74 Å². The molecule has 0 unspecified atom stereocenters. The Balaban J connectivity index is 1.39. The van der Waals surface area contributed by atoms with Crippen LogP contribution in [0.2, 0.25) is 0 Å². The van der Waals surface area contributed by atoms with E-state index < -0.39 is 0 Å². The highest BCUT2D eigenvalue weighted by atomic mass is 32.1. The van der Waals surface area contributed by atoms with Crippen LogP contribution in [-0.2, 0) is 0 Å². The van der Waals surface area contributed by atoms with Gasteiger partial charge in [0.25, 0.3) is 11.1 Å². The van der Waals surface area contributed by atoms with Crippen molar-refractivity contribution in [2.24, 2.45) is 0 Å². The fraction of sp³-hybridized carbons (Fsp3) is 0.294. The fourth-order valence-corrected chi connectivity index (χ4v) is 4.41. The molecule has 0 spiro atoms. The Morgan fingerprint density at radius 3 is 2.79 bits per heavy atom. The summed E-state index contributed by atoms with van der Waals surface area (Å²) in [7, 11) is 0. The van der Waals surface area contributed by atoms with Crippen LogP contribution in [0.3, 0.4) is 0 Å². The van der Waals surface area contributed by atoms with Gasteiger partial charge in [0, 0.05) is 25.9 Å². The summed E-state index contributed by atoms with van der Waals surface area (Å²) in [6.07, 6.45) is 1.53. The molecule has 4 rings (SSSR count). The predicted octanol–water partition coefficient (Wildman–Crippen LogP) is 4.18. The zero-order valence-electron chi connectivity index (χ0n) is 12.8. The third-order valence-corrected chi connectivity index (χ3v) is 5.85. The van der Waals surface area contributed by atoms with E-state index in [2.05, 4.69) is 4.98 Å². The molecule has 1 aliphatic rings. The van der Waals surface area contributed by atoms with Gasteiger partial charge in [-0.25, -0.2) is 4.39 Å². The van der Waals surface area contributed by atoms with Crippen LogP contribution >= 0.6 is 22.7 Å². The second-order valence-corrected chi connectivity index (χ2v) is 7.59. The number of hydrogen-bond acceptors (Lipinski definition) is 5. The van der Waals surface area contributed by atoms with Gasteiger partial charge in [-0.15, -0.1) is 11.3 Å². The van der Waals surface area contributed by atoms with Crippen LogP contribution in [0.4, 0.5) is 4.39 Å². The number of benzene rings is 1. The number of carbonyl (C=O) groups excluding carboxylic acids is 1. The average molecular weight is 362 g/mol. The number of rotatable bonds is 3. The maximum Gasteiger partial charge on any atom is 0.274 e. The topological polar surface area (TPSA) is 42.4 Å². The van der Waals surface area contributed by atoms with Crippen LogP contribution in [-0.4, -0.2) is 35.0 Å². The molecule has 1 amide bonds. The van der Waals surface area contributed by atoms with Gasteiger partial charge in [0.1, 0.15) is 17.4 Å². The molecule has 1 fully saturated rings. The minimum Gasteiger partial charge on any atom is -0.467 e. The molecule has 1 aliphatic heterocycles. The summed E-state index contributed by atoms with van der Waals surface area (Å²) in [4.78, 5) is 19.2. The molecular weight excluding hydrogens is 347 g/mol. The molecule has 2 aromatic heterocycles. The van der Waals surface area contributed by atoms with Gasteiger partial charge in [0.05, 0.1) is 9.58 Å². The maximum atomic E-state index is 13.7. The molecule has 0 radical (unpaired) electrons. The average Bonchev–Trinajstić information content (AvgIpc) is 3.25. The molecule has 4 nitrogen and oxygen atoms in total. The van der Waals surface area contributed by atoms with Crippen molar-refractivity contribution < 1.29 is 13.9 Å². The molecule has 3 aromatic rings. The molecule has 124 valence electrons. The normalized spacial score (nSPS) is 15.8. The van der Waals surface area contributed by atoms with Crippen LogP contribution < -0.4 is 4.74 Å². The Morgan fingerprint density at radius 2 is 2.08 bits per heavy atom. The number of fused-ring (bicyclic) bond motifs is 1. The smallest absolute Gasteiger partial charge is 0.274 e. The summed E-state index contributed by atoms with van der Waals surface area (Å²) >= 11 is 2.82. The SMILES string of the molecule is O=C(c1cccs1)N1CCC(Oc2nc3c(F)cccc3s2)CC1. The first-order valence-electron chi connectivity index (χ1n) is 7.75. The van der Waals surface area contributed by atoms with Crippen molar-refractivity contribution >= 4 is 38.8 Å². The van der Waals surface area contributed by atoms with E-state index in [0.717, 1.165) is 22.4 Å². The number of amides is 1. The van der Waals surface area contributed by atoms with E-state index in [0.29, 0.717) is 23.8 Å². The van der Waals surface area contributed by atoms with Crippen LogP contribution in [0.25, 0.3) is 10.2 Å². The zero-order valence-corrected chi connectivity index (χ0v) is 14.4. The van der Waals surface area contributed by atoms with Gasteiger partial charge in [-0.2, -0.15) is 4.98 Å². The summed E-state index contributed by atoms with van der Waals surface area (Å²) in [6.45, 7) is 1.33. The standard InChI is InChI=1S/C17H15FN2O2S2/c18-12-3-1-4-13-15(12)19-17(24-13)22-11-6-8-20(9-7-11)16(21)14-5-2-10-23-14/h1-5,10-11H,6-9H2. The molecule has 7 heteroatoms. The Hall–Kier alpha value is -1.99. The number of thiazole rings is 1. The van der Waals surface area contributed by atoms with Crippen molar-refractivity contribution in [3.05, 3.63) is 46.4 Å². The number of nitrogens with zero attached hydrogens (tertiary/aromatic N) is 2. The fourth-order valence-electron chi connectivity index (χ4n) is 2.82. The predicted molar refractivity (Wildman–Crippen MR) is 93.5 cm³/mol. The van der Waals surface area contributed by atoms with E-state index in [1.54, 1.807) is 6.07 Å². The maximum absolute atomic E-state index is 13.7. The van der Waals surface area contributed by atoms with Crippen molar-refractivity contribution in [1.82, 2.24) is 9.88 Å². The summed E-state index contributed by atoms with van der Waals surface area (Å²) in [5.74, 6) is -0.236. The van der Waals surface area contributed by atoms with Gasteiger partial charge in [-0.1, -0.05) is 23.5 Å². The van der Waals surface area contributed by atoms with Crippen molar-refractivity contribution in [1.29, 1.82) is 0 Å². The molecule has 0 atom stereocenters. The Kier molecular flexibility index (Phi) is 4.20. The van der Waals surface area contributed by atoms with Crippen molar-refractivity contribution in [3.8, 4) is 5.19 Å². The van der Waals surface area contributed by atoms with Crippen LogP contribution in [0.15, 0.2) is 35.7 Å². The minimum absolute atomic E-state index is 0.0148. The largest absolute Gasteiger partial charge is 0.467 e. The second-order valence-electron chi connectivity index (χ2n) is 5.65. The van der Waals surface area contributed by atoms with Crippen LogP contribution in [0, 0.1) is 5.82 Å². The van der Waals surface area contributed by atoms with Crippen molar-refractivity contribution in [2.75, 3.05) is 13.1 Å². The number of thiophene rings is 1. The van der Waals surface area contributed by atoms with Crippen molar-refractivity contribution in [2.45, 2.75) is 18.9 Å². The minimum atomic E-state index is -0.324. The van der Waals surface area contributed by atoms with E-state index in [-0.39, 0.29) is 17.8 Å². The number of hydrogen-bond donors (Lipinski definition) is 0. The molecule has 3 heterocycles. The van der Waals surface area contributed by atoms with E-state index in [9.17, 15) is 9.18 Å². The van der Waals surface area contributed by atoms with E-state index in [1.165, 1.54) is 28.7 Å². The van der Waals surface area contributed by atoms with Gasteiger partial charge < -0.3 is 9.64 Å². The van der Waals surface area contributed by atoms with Crippen molar-refractivity contribution in [3.63, 3.8) is 0 Å². The van der Waals surface area contributed by atoms with Gasteiger partial charge in [-0.3, -0.25) is 4.79 Å². The first kappa shape index (κ1) is 15.5. The Bertz CT molecular complexity index is 855. The van der Waals surface area contributed by atoms with Crippen LogP contribution in [0.1, 0.15) is 22.5 Å². The molecular formula is C17H15FN2O2S2. The van der Waals surface area contributed by atoms with Gasteiger partial charge in [0.2, 0.25) is 0 Å². The van der Waals surface area contributed by atoms with Gasteiger partial charge in [0.15, 0.2) is 0 Å². The second kappa shape index (κ2) is 6.49. The first-order valence-corrected chi connectivity index (χ1v) is 9.45. The zero-order chi connectivity index (χ0) is 16.5. The number of aromatic nitrogens is 1. The molecule has 0 saturated carbocycles. The molecule has 24 heavy (non-hydrogen) atoms. The van der Waals surface area contributed by atoms with Gasteiger partial charge in [-0.05, 0) is 23.6 Å². The Labute approximate surface area is 146 Å². The van der Waals surface area contributed by atoms with E-state index >= 15 is 0 Å². The lowest BCUT2D eigenvalue weighted by Crippen LogP contribution is -2.41. The molecule has 0 aliphatic carbocycles. The molecule has 0 N–H and O–H groups in total. The van der Waals surface area contributed by atoms with Crippen LogP contribution in [0.5, 0.6) is 5.19 Å². The molecule has 1 saturated heterocycles. The highest BCUT2D eigenvalue weighted by molar-refractivity contribution is 7.20. The number of halogens is 1. The molecule has 1 aromatic carbocycles. The summed E-state index contributed by atoms with van der Waals surface area (Å²) in [5.41, 5.74) is 0.364. The number of likely N-dealkylation sites (tertiary alicyclic amines) is 1. The summed E-state index contributed by atoms with van der Waals surface area (Å²) in [6, 6.07) is 8.66.